The fraction of sp³-hybridized carbons (Fsp3) is 0.143. The van der Waals surface area contributed by atoms with Gasteiger partial charge in [-0.05, 0) is 6.07 Å². The summed E-state index contributed by atoms with van der Waals surface area (Å²) in [5, 5.41) is 4.03. The monoisotopic (exact) mass is 292 g/mol. The van der Waals surface area contributed by atoms with Crippen molar-refractivity contribution in [1.82, 2.24) is 4.98 Å². The lowest BCUT2D eigenvalue weighted by molar-refractivity contribution is 0.0600. The average Bonchev–Trinajstić information content (AvgIpc) is 2.44. The molecule has 104 valence electrons. The number of carbonyl (C=O) groups excluding carboxylic acids is 1. The molecule has 0 bridgehead atoms. The number of esters is 1. The molecule has 1 heterocycles. The SMILES string of the molecule is C=CCNc1c(C(=O)OC)c(=O)[nH]c2c(Cl)cccc12. The molecule has 0 unspecified atom stereocenters. The highest BCUT2D eigenvalue weighted by atomic mass is 35.5. The molecular formula is C14H13ClN2O3. The minimum absolute atomic E-state index is 0.0795. The lowest BCUT2D eigenvalue weighted by Gasteiger charge is -2.12. The standard InChI is InChI=1S/C14H13ClN2O3/c1-3-7-16-12-8-5-4-6-9(15)11(8)17-13(18)10(12)14(19)20-2/h3-6H,1,7H2,2H3,(H2,16,17,18). The zero-order chi connectivity index (χ0) is 14.7. The third kappa shape index (κ3) is 2.40. The number of hydrogen-bond acceptors (Lipinski definition) is 4. The van der Waals surface area contributed by atoms with E-state index in [0.717, 1.165) is 0 Å². The van der Waals surface area contributed by atoms with Crippen molar-refractivity contribution in [3.63, 3.8) is 0 Å². The largest absolute Gasteiger partial charge is 0.465 e. The predicted octanol–water partition coefficient (Wildman–Crippen LogP) is 2.57. The Morgan fingerprint density at radius 1 is 1.55 bits per heavy atom. The van der Waals surface area contributed by atoms with Crippen LogP contribution in [-0.2, 0) is 4.74 Å². The Bertz CT molecular complexity index is 737. The molecule has 2 rings (SSSR count). The molecule has 0 atom stereocenters. The number of halogens is 1. The van der Waals surface area contributed by atoms with Crippen LogP contribution in [0.25, 0.3) is 10.9 Å². The van der Waals surface area contributed by atoms with E-state index in [1.54, 1.807) is 24.3 Å². The van der Waals surface area contributed by atoms with Crippen molar-refractivity contribution < 1.29 is 9.53 Å². The second-order valence-corrected chi connectivity index (χ2v) is 4.43. The molecule has 0 aliphatic carbocycles. The number of ether oxygens (including phenoxy) is 1. The first-order chi connectivity index (χ1) is 9.60. The summed E-state index contributed by atoms with van der Waals surface area (Å²) in [6.45, 7) is 4.00. The number of rotatable bonds is 4. The van der Waals surface area contributed by atoms with Crippen LogP contribution in [-0.4, -0.2) is 24.6 Å². The molecule has 2 N–H and O–H groups in total. The van der Waals surface area contributed by atoms with Gasteiger partial charge in [-0.2, -0.15) is 0 Å². The highest BCUT2D eigenvalue weighted by Crippen LogP contribution is 2.28. The number of anilines is 1. The molecule has 0 spiro atoms. The quantitative estimate of drug-likeness (QED) is 0.671. The van der Waals surface area contributed by atoms with Crippen LogP contribution in [0.3, 0.4) is 0 Å². The zero-order valence-corrected chi connectivity index (χ0v) is 11.6. The Morgan fingerprint density at radius 2 is 2.30 bits per heavy atom. The minimum atomic E-state index is -0.709. The second kappa shape index (κ2) is 5.79. The number of hydrogen-bond donors (Lipinski definition) is 2. The van der Waals surface area contributed by atoms with Crippen LogP contribution in [0.15, 0.2) is 35.6 Å². The Labute approximate surface area is 120 Å². The number of H-pyrrole nitrogens is 1. The zero-order valence-electron chi connectivity index (χ0n) is 10.8. The maximum atomic E-state index is 12.1. The van der Waals surface area contributed by atoms with Gasteiger partial charge in [-0.15, -0.1) is 6.58 Å². The Kier molecular flexibility index (Phi) is 4.10. The predicted molar refractivity (Wildman–Crippen MR) is 79.6 cm³/mol. The van der Waals surface area contributed by atoms with Crippen molar-refractivity contribution in [2.45, 2.75) is 0 Å². The number of aromatic amines is 1. The van der Waals surface area contributed by atoms with Gasteiger partial charge in [-0.1, -0.05) is 29.8 Å². The maximum absolute atomic E-state index is 12.1. The van der Waals surface area contributed by atoms with Gasteiger partial charge in [-0.3, -0.25) is 4.79 Å². The summed E-state index contributed by atoms with van der Waals surface area (Å²) in [5.41, 5.74) is 0.226. The molecule has 0 saturated heterocycles. The molecule has 20 heavy (non-hydrogen) atoms. The first-order valence-electron chi connectivity index (χ1n) is 5.87. The van der Waals surface area contributed by atoms with Crippen LogP contribution < -0.4 is 10.9 Å². The van der Waals surface area contributed by atoms with Crippen LogP contribution in [0.1, 0.15) is 10.4 Å². The summed E-state index contributed by atoms with van der Waals surface area (Å²) in [4.78, 5) is 26.5. The van der Waals surface area contributed by atoms with Gasteiger partial charge < -0.3 is 15.0 Å². The smallest absolute Gasteiger partial charge is 0.345 e. The van der Waals surface area contributed by atoms with E-state index in [1.165, 1.54) is 7.11 Å². The van der Waals surface area contributed by atoms with Crippen LogP contribution >= 0.6 is 11.6 Å². The minimum Gasteiger partial charge on any atom is -0.465 e. The van der Waals surface area contributed by atoms with Gasteiger partial charge in [0.1, 0.15) is 5.56 Å². The van der Waals surface area contributed by atoms with E-state index in [-0.39, 0.29) is 5.56 Å². The Morgan fingerprint density at radius 3 is 2.95 bits per heavy atom. The van der Waals surface area contributed by atoms with Crippen LogP contribution in [0.2, 0.25) is 5.02 Å². The van der Waals surface area contributed by atoms with Gasteiger partial charge in [0.15, 0.2) is 0 Å². The van der Waals surface area contributed by atoms with E-state index in [4.69, 9.17) is 11.6 Å². The van der Waals surface area contributed by atoms with E-state index in [9.17, 15) is 9.59 Å². The molecule has 0 saturated carbocycles. The number of nitrogens with one attached hydrogen (secondary N) is 2. The topological polar surface area (TPSA) is 71.2 Å². The van der Waals surface area contributed by atoms with E-state index >= 15 is 0 Å². The highest BCUT2D eigenvalue weighted by molar-refractivity contribution is 6.35. The molecule has 0 aliphatic heterocycles. The Balaban J connectivity index is 2.83. The third-order valence-corrected chi connectivity index (χ3v) is 3.13. The third-order valence-electron chi connectivity index (χ3n) is 2.81. The molecule has 0 radical (unpaired) electrons. The van der Waals surface area contributed by atoms with Crippen molar-refractivity contribution in [1.29, 1.82) is 0 Å². The number of benzene rings is 1. The van der Waals surface area contributed by atoms with Crippen LogP contribution in [0, 0.1) is 0 Å². The molecule has 0 aliphatic rings. The fourth-order valence-corrected chi connectivity index (χ4v) is 2.16. The molecule has 1 aromatic carbocycles. The van der Waals surface area contributed by atoms with E-state index in [2.05, 4.69) is 21.6 Å². The van der Waals surface area contributed by atoms with Crippen LogP contribution in [0.4, 0.5) is 5.69 Å². The molecular weight excluding hydrogens is 280 g/mol. The van der Waals surface area contributed by atoms with Gasteiger partial charge >= 0.3 is 5.97 Å². The Hall–Kier alpha value is -2.27. The second-order valence-electron chi connectivity index (χ2n) is 4.03. The fourth-order valence-electron chi connectivity index (χ4n) is 1.94. The van der Waals surface area contributed by atoms with Gasteiger partial charge in [0, 0.05) is 11.9 Å². The van der Waals surface area contributed by atoms with Crippen molar-refractivity contribution >= 4 is 34.2 Å². The van der Waals surface area contributed by atoms with Gasteiger partial charge in [0.2, 0.25) is 0 Å². The molecule has 2 aromatic rings. The number of aromatic nitrogens is 1. The number of pyridine rings is 1. The molecule has 1 aromatic heterocycles. The molecule has 6 heteroatoms. The number of methoxy groups -OCH3 is 1. The van der Waals surface area contributed by atoms with Crippen LogP contribution in [0.5, 0.6) is 0 Å². The van der Waals surface area contributed by atoms with Gasteiger partial charge in [-0.25, -0.2) is 4.79 Å². The number of fused-ring (bicyclic) bond motifs is 1. The lowest BCUT2D eigenvalue weighted by Crippen LogP contribution is -2.22. The lowest BCUT2D eigenvalue weighted by atomic mass is 10.1. The number of carbonyl (C=O) groups is 1. The van der Waals surface area contributed by atoms with E-state index in [1.807, 2.05) is 0 Å². The maximum Gasteiger partial charge on any atom is 0.345 e. The summed E-state index contributed by atoms with van der Waals surface area (Å²) in [6, 6.07) is 5.16. The van der Waals surface area contributed by atoms with Gasteiger partial charge in [0.05, 0.1) is 23.3 Å². The number of para-hydroxylation sites is 1. The highest BCUT2D eigenvalue weighted by Gasteiger charge is 2.20. The molecule has 0 amide bonds. The van der Waals surface area contributed by atoms with E-state index in [0.29, 0.717) is 28.2 Å². The first-order valence-corrected chi connectivity index (χ1v) is 6.25. The molecule has 5 nitrogen and oxygen atoms in total. The van der Waals surface area contributed by atoms with Crippen molar-refractivity contribution in [3.05, 3.63) is 51.8 Å². The summed E-state index contributed by atoms with van der Waals surface area (Å²) >= 11 is 6.07. The first kappa shape index (κ1) is 14.1. The van der Waals surface area contributed by atoms with E-state index < -0.39 is 11.5 Å². The van der Waals surface area contributed by atoms with Gasteiger partial charge in [0.25, 0.3) is 5.56 Å². The summed E-state index contributed by atoms with van der Waals surface area (Å²) in [6.07, 6.45) is 1.62. The van der Waals surface area contributed by atoms with Crippen molar-refractivity contribution in [2.24, 2.45) is 0 Å². The summed E-state index contributed by atoms with van der Waals surface area (Å²) in [5.74, 6) is -0.709. The van der Waals surface area contributed by atoms with Crippen molar-refractivity contribution in [3.8, 4) is 0 Å². The normalized spacial score (nSPS) is 10.3. The van der Waals surface area contributed by atoms with Crippen molar-refractivity contribution in [2.75, 3.05) is 19.0 Å². The average molecular weight is 293 g/mol. The summed E-state index contributed by atoms with van der Waals surface area (Å²) in [7, 11) is 1.22. The summed E-state index contributed by atoms with van der Waals surface area (Å²) < 4.78 is 4.66. The molecule has 0 fully saturated rings.